The van der Waals surface area contributed by atoms with Crippen molar-refractivity contribution in [1.29, 1.82) is 0 Å². The normalized spacial score (nSPS) is 21.9. The molecule has 4 rings (SSSR count). The van der Waals surface area contributed by atoms with Gasteiger partial charge in [-0.15, -0.1) is 0 Å². The lowest BCUT2D eigenvalue weighted by Crippen LogP contribution is -2.30. The Morgan fingerprint density at radius 1 is 1.21 bits per heavy atom. The topological polar surface area (TPSA) is 57.8 Å². The Morgan fingerprint density at radius 2 is 2.00 bits per heavy atom. The van der Waals surface area contributed by atoms with Crippen LogP contribution in [0.3, 0.4) is 0 Å². The van der Waals surface area contributed by atoms with Crippen molar-refractivity contribution in [3.05, 3.63) is 41.9 Å². The van der Waals surface area contributed by atoms with E-state index in [2.05, 4.69) is 15.3 Å². The Balaban J connectivity index is 1.75. The second-order valence-electron chi connectivity index (χ2n) is 5.39. The highest BCUT2D eigenvalue weighted by atomic mass is 16.2. The molecule has 4 heteroatoms. The summed E-state index contributed by atoms with van der Waals surface area (Å²) < 4.78 is 0. The molecular formula is C15H15N3O. The van der Waals surface area contributed by atoms with Crippen molar-refractivity contribution in [2.75, 3.05) is 0 Å². The van der Waals surface area contributed by atoms with Gasteiger partial charge in [0.05, 0.1) is 17.3 Å². The van der Waals surface area contributed by atoms with Crippen molar-refractivity contribution in [2.45, 2.75) is 25.3 Å². The monoisotopic (exact) mass is 253 g/mol. The molecule has 4 nitrogen and oxygen atoms in total. The van der Waals surface area contributed by atoms with Crippen molar-refractivity contribution in [1.82, 2.24) is 15.3 Å². The predicted octanol–water partition coefficient (Wildman–Crippen LogP) is 2.66. The van der Waals surface area contributed by atoms with Crippen LogP contribution in [0.4, 0.5) is 0 Å². The number of fused-ring (bicyclic) bond motifs is 1. The van der Waals surface area contributed by atoms with E-state index in [0.29, 0.717) is 5.92 Å². The first-order chi connectivity index (χ1) is 9.33. The summed E-state index contributed by atoms with van der Waals surface area (Å²) in [5, 5.41) is 3.10. The Labute approximate surface area is 111 Å². The molecule has 1 aliphatic carbocycles. The van der Waals surface area contributed by atoms with Gasteiger partial charge in [0.25, 0.3) is 5.91 Å². The molecule has 0 saturated heterocycles. The molecule has 2 aliphatic rings. The number of nitrogens with one attached hydrogen (secondary N) is 2. The van der Waals surface area contributed by atoms with Crippen LogP contribution in [0.25, 0.3) is 11.3 Å². The third kappa shape index (κ3) is 1.59. The SMILES string of the molecule is O=C1NC(C2CCC2)c2[nH]c(-c3ccncc3)cc21. The van der Waals surface area contributed by atoms with Crippen LogP contribution in [0.2, 0.25) is 0 Å². The molecule has 3 heterocycles. The minimum absolute atomic E-state index is 0.0588. The summed E-state index contributed by atoms with van der Waals surface area (Å²) in [6.07, 6.45) is 7.25. The van der Waals surface area contributed by atoms with Crippen LogP contribution < -0.4 is 5.32 Å². The van der Waals surface area contributed by atoms with Crippen LogP contribution in [0.1, 0.15) is 41.4 Å². The van der Waals surface area contributed by atoms with Crippen molar-refractivity contribution in [3.63, 3.8) is 0 Å². The second kappa shape index (κ2) is 3.95. The number of pyridine rings is 1. The first kappa shape index (κ1) is 10.8. The average molecular weight is 253 g/mol. The van der Waals surface area contributed by atoms with Gasteiger partial charge in [-0.05, 0) is 37.0 Å². The molecule has 96 valence electrons. The van der Waals surface area contributed by atoms with Gasteiger partial charge in [-0.1, -0.05) is 6.42 Å². The number of rotatable bonds is 2. The smallest absolute Gasteiger partial charge is 0.253 e. The van der Waals surface area contributed by atoms with Crippen molar-refractivity contribution in [3.8, 4) is 11.3 Å². The maximum absolute atomic E-state index is 12.0. The summed E-state index contributed by atoms with van der Waals surface area (Å²) in [5.74, 6) is 0.664. The molecule has 1 unspecified atom stereocenters. The number of hydrogen-bond acceptors (Lipinski definition) is 2. The minimum Gasteiger partial charge on any atom is -0.356 e. The van der Waals surface area contributed by atoms with Crippen molar-refractivity contribution in [2.24, 2.45) is 5.92 Å². The van der Waals surface area contributed by atoms with E-state index in [1.807, 2.05) is 18.2 Å². The van der Waals surface area contributed by atoms with Gasteiger partial charge in [0.1, 0.15) is 0 Å². The maximum Gasteiger partial charge on any atom is 0.253 e. The Kier molecular flexibility index (Phi) is 2.24. The zero-order valence-corrected chi connectivity index (χ0v) is 10.5. The number of aromatic nitrogens is 2. The number of nitrogens with zero attached hydrogens (tertiary/aromatic N) is 1. The summed E-state index contributed by atoms with van der Waals surface area (Å²) in [6.45, 7) is 0. The van der Waals surface area contributed by atoms with Gasteiger partial charge in [-0.25, -0.2) is 0 Å². The van der Waals surface area contributed by atoms with Crippen molar-refractivity contribution < 1.29 is 4.79 Å². The van der Waals surface area contributed by atoms with E-state index in [0.717, 1.165) is 22.5 Å². The van der Waals surface area contributed by atoms with Gasteiger partial charge < -0.3 is 10.3 Å². The molecule has 1 saturated carbocycles. The third-order valence-corrected chi connectivity index (χ3v) is 4.30. The summed E-state index contributed by atoms with van der Waals surface area (Å²) in [7, 11) is 0. The standard InChI is InChI=1S/C15H15N3O/c19-15-11-8-12(9-4-6-16-7-5-9)17-14(11)13(18-15)10-2-1-3-10/h4-8,10,13,17H,1-3H2,(H,18,19). The highest BCUT2D eigenvalue weighted by Crippen LogP contribution is 2.42. The van der Waals surface area contributed by atoms with Crippen molar-refractivity contribution >= 4 is 5.91 Å². The predicted molar refractivity (Wildman–Crippen MR) is 71.6 cm³/mol. The van der Waals surface area contributed by atoms with Crippen LogP contribution in [0.15, 0.2) is 30.6 Å². The minimum atomic E-state index is 0.0588. The molecule has 1 atom stereocenters. The van der Waals surface area contributed by atoms with Gasteiger partial charge in [0.15, 0.2) is 0 Å². The van der Waals surface area contributed by atoms with Gasteiger partial charge >= 0.3 is 0 Å². The van der Waals surface area contributed by atoms with Crippen LogP contribution in [-0.2, 0) is 0 Å². The average Bonchev–Trinajstić information content (AvgIpc) is 2.91. The molecule has 0 radical (unpaired) electrons. The Bertz CT molecular complexity index is 628. The highest BCUT2D eigenvalue weighted by Gasteiger charge is 2.38. The van der Waals surface area contributed by atoms with E-state index in [4.69, 9.17) is 0 Å². The third-order valence-electron chi connectivity index (χ3n) is 4.30. The van der Waals surface area contributed by atoms with E-state index in [-0.39, 0.29) is 11.9 Å². The number of aromatic amines is 1. The van der Waals surface area contributed by atoms with E-state index in [9.17, 15) is 4.79 Å². The molecule has 2 aromatic heterocycles. The summed E-state index contributed by atoms with van der Waals surface area (Å²) in [6, 6.07) is 6.06. The zero-order valence-electron chi connectivity index (χ0n) is 10.5. The van der Waals surface area contributed by atoms with Crippen LogP contribution >= 0.6 is 0 Å². The molecule has 0 aromatic carbocycles. The van der Waals surface area contributed by atoms with E-state index in [1.165, 1.54) is 19.3 Å². The van der Waals surface area contributed by atoms with Crippen LogP contribution in [-0.4, -0.2) is 15.9 Å². The zero-order chi connectivity index (χ0) is 12.8. The maximum atomic E-state index is 12.0. The number of amides is 1. The van der Waals surface area contributed by atoms with Crippen LogP contribution in [0, 0.1) is 5.92 Å². The summed E-state index contributed by atoms with van der Waals surface area (Å²) in [4.78, 5) is 19.5. The second-order valence-corrected chi connectivity index (χ2v) is 5.39. The molecule has 19 heavy (non-hydrogen) atoms. The number of hydrogen-bond donors (Lipinski definition) is 2. The summed E-state index contributed by atoms with van der Waals surface area (Å²) in [5.41, 5.74) is 3.96. The van der Waals surface area contributed by atoms with Gasteiger partial charge in [-0.2, -0.15) is 0 Å². The molecule has 0 spiro atoms. The molecule has 1 aliphatic heterocycles. The van der Waals surface area contributed by atoms with E-state index < -0.39 is 0 Å². The first-order valence-corrected chi connectivity index (χ1v) is 6.77. The van der Waals surface area contributed by atoms with Crippen LogP contribution in [0.5, 0.6) is 0 Å². The van der Waals surface area contributed by atoms with E-state index in [1.54, 1.807) is 12.4 Å². The van der Waals surface area contributed by atoms with E-state index >= 15 is 0 Å². The lowest BCUT2D eigenvalue weighted by atomic mass is 9.79. The molecular weight excluding hydrogens is 238 g/mol. The van der Waals surface area contributed by atoms with Gasteiger partial charge in [0, 0.05) is 23.7 Å². The highest BCUT2D eigenvalue weighted by molar-refractivity contribution is 6.00. The first-order valence-electron chi connectivity index (χ1n) is 6.77. The fourth-order valence-corrected chi connectivity index (χ4v) is 3.01. The molecule has 2 aromatic rings. The van der Waals surface area contributed by atoms with Gasteiger partial charge in [0.2, 0.25) is 0 Å². The molecule has 1 fully saturated rings. The number of carbonyl (C=O) groups excluding carboxylic acids is 1. The lowest BCUT2D eigenvalue weighted by molar-refractivity contribution is 0.0931. The summed E-state index contributed by atoms with van der Waals surface area (Å²) >= 11 is 0. The molecule has 1 amide bonds. The van der Waals surface area contributed by atoms with Gasteiger partial charge in [-0.3, -0.25) is 9.78 Å². The molecule has 2 N–H and O–H groups in total. The lowest BCUT2D eigenvalue weighted by Gasteiger charge is -2.31. The quantitative estimate of drug-likeness (QED) is 0.864. The number of carbonyl (C=O) groups is 1. The fraction of sp³-hybridized carbons (Fsp3) is 0.333. The molecule has 0 bridgehead atoms. The Hall–Kier alpha value is -2.10. The fourth-order valence-electron chi connectivity index (χ4n) is 3.01. The Morgan fingerprint density at radius 3 is 2.68 bits per heavy atom. The largest absolute Gasteiger partial charge is 0.356 e. The number of H-pyrrole nitrogens is 1.